The Kier molecular flexibility index (Phi) is 1.46. The second-order valence-electron chi connectivity index (χ2n) is 3.36. The minimum atomic E-state index is -0.0541. The Morgan fingerprint density at radius 3 is 2.60 bits per heavy atom. The van der Waals surface area contributed by atoms with Crippen molar-refractivity contribution in [3.05, 3.63) is 0 Å². The van der Waals surface area contributed by atoms with Crippen LogP contribution in [0.4, 0.5) is 0 Å². The maximum absolute atomic E-state index is 9.36. The third kappa shape index (κ3) is 0.867. The lowest BCUT2D eigenvalue weighted by Crippen LogP contribution is -2.15. The second kappa shape index (κ2) is 2.21. The van der Waals surface area contributed by atoms with Crippen molar-refractivity contribution in [2.24, 2.45) is 11.8 Å². The molecule has 0 aromatic carbocycles. The first-order valence-electron chi connectivity index (χ1n) is 4.12. The Morgan fingerprint density at radius 2 is 2.20 bits per heavy atom. The fourth-order valence-electron chi connectivity index (χ4n) is 2.10. The lowest BCUT2D eigenvalue weighted by Gasteiger charge is -2.12. The maximum Gasteiger partial charge on any atom is 0.0631 e. The van der Waals surface area contributed by atoms with Crippen molar-refractivity contribution in [2.45, 2.75) is 32.0 Å². The predicted molar refractivity (Wildman–Crippen MR) is 37.6 cm³/mol. The summed E-state index contributed by atoms with van der Waals surface area (Å²) in [5, 5.41) is 9.36. The van der Waals surface area contributed by atoms with Gasteiger partial charge in [-0.25, -0.2) is 0 Å². The number of fused-ring (bicyclic) bond motifs is 1. The molecule has 1 N–H and O–H groups in total. The van der Waals surface area contributed by atoms with Crippen molar-refractivity contribution in [1.82, 2.24) is 0 Å². The molecule has 58 valence electrons. The van der Waals surface area contributed by atoms with Crippen LogP contribution in [-0.4, -0.2) is 23.9 Å². The van der Waals surface area contributed by atoms with Crippen LogP contribution in [0, 0.1) is 11.8 Å². The molecule has 4 atom stereocenters. The smallest absolute Gasteiger partial charge is 0.0631 e. The lowest BCUT2D eigenvalue weighted by molar-refractivity contribution is 0.0357. The van der Waals surface area contributed by atoms with Crippen LogP contribution in [0.25, 0.3) is 0 Å². The Hall–Kier alpha value is -0.0800. The summed E-state index contributed by atoms with van der Waals surface area (Å²) >= 11 is 0. The first-order chi connectivity index (χ1) is 4.83. The maximum atomic E-state index is 9.36. The molecule has 2 saturated carbocycles. The summed E-state index contributed by atoms with van der Waals surface area (Å²) in [6, 6.07) is 0. The number of hydrogen-bond acceptors (Lipinski definition) is 2. The molecule has 2 nitrogen and oxygen atoms in total. The molecule has 2 heteroatoms. The van der Waals surface area contributed by atoms with Gasteiger partial charge in [-0.05, 0) is 25.2 Å². The van der Waals surface area contributed by atoms with Crippen molar-refractivity contribution in [1.29, 1.82) is 0 Å². The highest BCUT2D eigenvalue weighted by Gasteiger charge is 2.54. The van der Waals surface area contributed by atoms with Crippen molar-refractivity contribution in [3.8, 4) is 0 Å². The molecule has 0 radical (unpaired) electrons. The van der Waals surface area contributed by atoms with E-state index < -0.39 is 0 Å². The van der Waals surface area contributed by atoms with E-state index in [1.807, 2.05) is 6.92 Å². The number of aliphatic hydroxyl groups is 1. The highest BCUT2D eigenvalue weighted by atomic mass is 16.5. The SMILES string of the molecule is CCO[C@@H]1C[C@H](O)[C@H]2C[C@H]21. The number of hydrogen-bond donors (Lipinski definition) is 1. The van der Waals surface area contributed by atoms with Gasteiger partial charge in [0.2, 0.25) is 0 Å². The quantitative estimate of drug-likeness (QED) is 0.617. The molecule has 0 aliphatic heterocycles. The van der Waals surface area contributed by atoms with E-state index >= 15 is 0 Å². The van der Waals surface area contributed by atoms with E-state index in [-0.39, 0.29) is 6.10 Å². The molecule has 0 bridgehead atoms. The van der Waals surface area contributed by atoms with Crippen molar-refractivity contribution in [3.63, 3.8) is 0 Å². The van der Waals surface area contributed by atoms with E-state index in [4.69, 9.17) is 4.74 Å². The second-order valence-corrected chi connectivity index (χ2v) is 3.36. The Labute approximate surface area is 61.2 Å². The van der Waals surface area contributed by atoms with Gasteiger partial charge >= 0.3 is 0 Å². The van der Waals surface area contributed by atoms with Crippen LogP contribution in [0.5, 0.6) is 0 Å². The molecule has 2 aliphatic rings. The third-order valence-electron chi connectivity index (χ3n) is 2.72. The molecule has 0 heterocycles. The topological polar surface area (TPSA) is 29.5 Å². The minimum Gasteiger partial charge on any atom is -0.393 e. The number of aliphatic hydroxyl groups excluding tert-OH is 1. The highest BCUT2D eigenvalue weighted by molar-refractivity contribution is 5.03. The zero-order valence-corrected chi connectivity index (χ0v) is 6.29. The molecule has 0 saturated heterocycles. The van der Waals surface area contributed by atoms with Gasteiger partial charge in [0.25, 0.3) is 0 Å². The molecule has 0 amide bonds. The molecular formula is C8H14O2. The van der Waals surface area contributed by atoms with Crippen LogP contribution in [0.15, 0.2) is 0 Å². The zero-order chi connectivity index (χ0) is 7.14. The highest BCUT2D eigenvalue weighted by Crippen LogP contribution is 2.52. The van der Waals surface area contributed by atoms with Crippen LogP contribution < -0.4 is 0 Å². The fraction of sp³-hybridized carbons (Fsp3) is 1.00. The van der Waals surface area contributed by atoms with E-state index in [0.29, 0.717) is 17.9 Å². The van der Waals surface area contributed by atoms with Gasteiger partial charge in [-0.3, -0.25) is 0 Å². The monoisotopic (exact) mass is 142 g/mol. The summed E-state index contributed by atoms with van der Waals surface area (Å²) in [5.41, 5.74) is 0. The van der Waals surface area contributed by atoms with Crippen molar-refractivity contribution in [2.75, 3.05) is 6.61 Å². The molecule has 2 rings (SSSR count). The first-order valence-corrected chi connectivity index (χ1v) is 4.12. The van der Waals surface area contributed by atoms with Gasteiger partial charge in [0.05, 0.1) is 12.2 Å². The standard InChI is InChI=1S/C8H14O2/c1-2-10-8-4-7(9)5-3-6(5)8/h5-9H,2-4H2,1H3/t5-,6+,7-,8+/m0/s1. The summed E-state index contributed by atoms with van der Waals surface area (Å²) in [6.07, 6.45) is 2.40. The van der Waals surface area contributed by atoms with E-state index in [9.17, 15) is 5.11 Å². The molecule has 10 heavy (non-hydrogen) atoms. The zero-order valence-electron chi connectivity index (χ0n) is 6.29. The molecule has 2 fully saturated rings. The summed E-state index contributed by atoms with van der Waals surface area (Å²) in [5.74, 6) is 1.30. The van der Waals surface area contributed by atoms with Gasteiger partial charge in [0.1, 0.15) is 0 Å². The van der Waals surface area contributed by atoms with Gasteiger partial charge in [-0.1, -0.05) is 0 Å². The van der Waals surface area contributed by atoms with Crippen LogP contribution in [0.2, 0.25) is 0 Å². The van der Waals surface area contributed by atoms with Crippen LogP contribution in [0.1, 0.15) is 19.8 Å². The first kappa shape index (κ1) is 6.62. The van der Waals surface area contributed by atoms with Crippen molar-refractivity contribution < 1.29 is 9.84 Å². The predicted octanol–water partition coefficient (Wildman–Crippen LogP) is 0.792. The van der Waals surface area contributed by atoms with Crippen LogP contribution >= 0.6 is 0 Å². The molecule has 2 aliphatic carbocycles. The van der Waals surface area contributed by atoms with Gasteiger partial charge in [0.15, 0.2) is 0 Å². The average molecular weight is 142 g/mol. The van der Waals surface area contributed by atoms with Crippen LogP contribution in [0.3, 0.4) is 0 Å². The van der Waals surface area contributed by atoms with E-state index in [0.717, 1.165) is 13.0 Å². The number of ether oxygens (including phenoxy) is 1. The summed E-state index contributed by atoms with van der Waals surface area (Å²) in [4.78, 5) is 0. The largest absolute Gasteiger partial charge is 0.393 e. The normalized spacial score (nSPS) is 51.0. The van der Waals surface area contributed by atoms with E-state index in [1.165, 1.54) is 6.42 Å². The van der Waals surface area contributed by atoms with Gasteiger partial charge in [0, 0.05) is 13.0 Å². The minimum absolute atomic E-state index is 0.0541. The molecule has 0 unspecified atom stereocenters. The third-order valence-corrected chi connectivity index (χ3v) is 2.72. The van der Waals surface area contributed by atoms with E-state index in [2.05, 4.69) is 0 Å². The molecular weight excluding hydrogens is 128 g/mol. The summed E-state index contributed by atoms with van der Waals surface area (Å²) in [6.45, 7) is 2.81. The molecule has 0 spiro atoms. The summed E-state index contributed by atoms with van der Waals surface area (Å²) in [7, 11) is 0. The Bertz CT molecular complexity index is 135. The lowest BCUT2D eigenvalue weighted by atomic mass is 10.2. The molecule has 0 aromatic rings. The fourth-order valence-corrected chi connectivity index (χ4v) is 2.10. The van der Waals surface area contributed by atoms with Crippen LogP contribution in [-0.2, 0) is 4.74 Å². The number of rotatable bonds is 2. The van der Waals surface area contributed by atoms with Crippen molar-refractivity contribution >= 4 is 0 Å². The van der Waals surface area contributed by atoms with Gasteiger partial charge in [-0.2, -0.15) is 0 Å². The van der Waals surface area contributed by atoms with Gasteiger partial charge < -0.3 is 9.84 Å². The van der Waals surface area contributed by atoms with E-state index in [1.54, 1.807) is 0 Å². The summed E-state index contributed by atoms with van der Waals surface area (Å²) < 4.78 is 5.47. The Balaban J connectivity index is 1.89. The van der Waals surface area contributed by atoms with Gasteiger partial charge in [-0.15, -0.1) is 0 Å². The Morgan fingerprint density at radius 1 is 1.40 bits per heavy atom. The molecule has 0 aromatic heterocycles. The average Bonchev–Trinajstić information content (AvgIpc) is 2.59.